The van der Waals surface area contributed by atoms with Crippen LogP contribution >= 0.6 is 0 Å². The molecular formula is C53H64O29. The highest BCUT2D eigenvalue weighted by Crippen LogP contribution is 2.42. The van der Waals surface area contributed by atoms with Crippen molar-refractivity contribution < 1.29 is 142 Å². The maximum atomic E-state index is 14.0. The number of aliphatic hydroxyl groups is 10. The molecule has 19 atom stereocenters. The van der Waals surface area contributed by atoms with Gasteiger partial charge in [-0.25, -0.2) is 14.4 Å². The van der Waals surface area contributed by atoms with E-state index in [0.717, 1.165) is 19.1 Å². The van der Waals surface area contributed by atoms with Crippen LogP contribution in [0.1, 0.15) is 28.4 Å². The molecule has 450 valence electrons. The summed E-state index contributed by atoms with van der Waals surface area (Å²) in [5.74, 6) is -7.80. The van der Waals surface area contributed by atoms with E-state index in [1.807, 2.05) is 0 Å². The largest absolute Gasteiger partial charge is 0.504 e. The highest BCUT2D eigenvalue weighted by atomic mass is 16.8. The standard InChI is InChI=1S/C53H64O29/c1-24(57)72-22-35-39(63)42(66)44(68)51(76-35)78-46-45(77-37(61)16-12-26-10-14-29(59)31(18-26)71-3)34(21-56)75-52(47(46)79-50-43(67)41(65)38(62)32(19-54)74-50)82-53(23-73-36(60)15-11-25-9-13-28(58)30(17-25)70-2)48(40(64)33(20-55)81-53)80-49(69)27-7-5-4-6-8-27/h4-18,32-35,38-48,50-52,54-56,58-59,62-68H,19-23H2,1-3H3/t32-,33-,34-,35-,38-,39-,40-,41+,42+,43-,44-,45-,46+,47-,48+,50+,51+,52-,53+/m1/s1. The minimum Gasteiger partial charge on any atom is -0.504 e. The van der Waals surface area contributed by atoms with Gasteiger partial charge in [0.2, 0.25) is 5.79 Å². The molecule has 0 amide bonds. The molecule has 0 aromatic heterocycles. The molecule has 29 nitrogen and oxygen atoms in total. The van der Waals surface area contributed by atoms with Crippen molar-refractivity contribution in [2.75, 3.05) is 47.3 Å². The number of methoxy groups -OCH3 is 2. The summed E-state index contributed by atoms with van der Waals surface area (Å²) in [5, 5.41) is 131. The van der Waals surface area contributed by atoms with Gasteiger partial charge in [-0.05, 0) is 59.7 Å². The van der Waals surface area contributed by atoms with Crippen LogP contribution in [0.15, 0.2) is 78.9 Å². The Hall–Kier alpha value is -6.46. The molecule has 0 spiro atoms. The number of benzene rings is 3. The summed E-state index contributed by atoms with van der Waals surface area (Å²) in [7, 11) is 2.56. The first-order valence-electron chi connectivity index (χ1n) is 25.2. The van der Waals surface area contributed by atoms with Crippen LogP contribution in [0.5, 0.6) is 23.0 Å². The number of rotatable bonds is 22. The second-order valence-electron chi connectivity index (χ2n) is 18.9. The average molecular weight is 1170 g/mol. The second kappa shape index (κ2) is 28.2. The van der Waals surface area contributed by atoms with Crippen LogP contribution in [0.3, 0.4) is 0 Å². The van der Waals surface area contributed by atoms with Gasteiger partial charge in [0.25, 0.3) is 0 Å². The molecule has 4 fully saturated rings. The molecule has 3 aromatic carbocycles. The molecule has 3 aromatic rings. The molecule has 0 unspecified atom stereocenters. The summed E-state index contributed by atoms with van der Waals surface area (Å²) in [6, 6.07) is 15.2. The normalized spacial score (nSPS) is 33.9. The fourth-order valence-corrected chi connectivity index (χ4v) is 9.09. The molecule has 7 rings (SSSR count). The van der Waals surface area contributed by atoms with E-state index in [9.17, 15) is 80.5 Å². The maximum absolute atomic E-state index is 14.0. The van der Waals surface area contributed by atoms with Crippen molar-refractivity contribution in [3.63, 3.8) is 0 Å². The molecule has 4 aliphatic rings. The van der Waals surface area contributed by atoms with Gasteiger partial charge in [-0.3, -0.25) is 4.79 Å². The zero-order valence-electron chi connectivity index (χ0n) is 43.9. The molecule has 0 bridgehead atoms. The summed E-state index contributed by atoms with van der Waals surface area (Å²) in [6.07, 6.45) is -33.5. The van der Waals surface area contributed by atoms with E-state index < -0.39 is 173 Å². The summed E-state index contributed by atoms with van der Waals surface area (Å²) in [4.78, 5) is 53.5. The van der Waals surface area contributed by atoms with E-state index in [1.165, 1.54) is 87.0 Å². The molecule has 4 aliphatic heterocycles. The Morgan fingerprint density at radius 3 is 1.63 bits per heavy atom. The van der Waals surface area contributed by atoms with E-state index >= 15 is 0 Å². The number of aliphatic hydroxyl groups excluding tert-OH is 10. The van der Waals surface area contributed by atoms with Crippen molar-refractivity contribution in [2.45, 2.75) is 123 Å². The lowest BCUT2D eigenvalue weighted by Gasteiger charge is -2.50. The van der Waals surface area contributed by atoms with Crippen molar-refractivity contribution in [3.8, 4) is 23.0 Å². The Kier molecular flexibility index (Phi) is 21.7. The topological polar surface area (TPSA) is 431 Å². The van der Waals surface area contributed by atoms with Gasteiger partial charge in [0, 0.05) is 19.1 Å². The third-order valence-corrected chi connectivity index (χ3v) is 13.4. The molecule has 82 heavy (non-hydrogen) atoms. The number of aromatic hydroxyl groups is 2. The number of carbonyl (C=O) groups excluding carboxylic acids is 4. The van der Waals surface area contributed by atoms with Crippen LogP contribution in [0, 0.1) is 0 Å². The van der Waals surface area contributed by atoms with E-state index in [-0.39, 0.29) is 34.1 Å². The first-order chi connectivity index (χ1) is 39.1. The predicted octanol–water partition coefficient (Wildman–Crippen LogP) is -3.35. The zero-order chi connectivity index (χ0) is 59.6. The van der Waals surface area contributed by atoms with Crippen LogP contribution in [0.25, 0.3) is 12.2 Å². The number of phenolic OH excluding ortho intramolecular Hbond substituents is 2. The number of carbonyl (C=O) groups is 4. The molecule has 4 saturated heterocycles. The fourth-order valence-electron chi connectivity index (χ4n) is 9.09. The molecule has 29 heteroatoms. The quantitative estimate of drug-likeness (QED) is 0.0266. The minimum atomic E-state index is -2.91. The van der Waals surface area contributed by atoms with Crippen LogP contribution in [0.2, 0.25) is 0 Å². The first-order valence-corrected chi connectivity index (χ1v) is 25.2. The summed E-state index contributed by atoms with van der Waals surface area (Å²) < 4.78 is 75.7. The van der Waals surface area contributed by atoms with Gasteiger partial charge in [0.1, 0.15) is 92.6 Å². The van der Waals surface area contributed by atoms with Crippen molar-refractivity contribution in [1.29, 1.82) is 0 Å². The van der Waals surface area contributed by atoms with Gasteiger partial charge in [0.15, 0.2) is 54.1 Å². The van der Waals surface area contributed by atoms with Gasteiger partial charge in [0.05, 0.1) is 39.6 Å². The molecule has 0 aliphatic carbocycles. The average Bonchev–Trinajstić information content (AvgIpc) is 2.78. The van der Waals surface area contributed by atoms with Crippen molar-refractivity contribution in [3.05, 3.63) is 95.6 Å². The summed E-state index contributed by atoms with van der Waals surface area (Å²) in [5.41, 5.74) is 0.466. The van der Waals surface area contributed by atoms with Gasteiger partial charge < -0.3 is 123 Å². The lowest BCUT2D eigenvalue weighted by Crippen LogP contribution is -2.69. The molecule has 12 N–H and O–H groups in total. The Bertz CT molecular complexity index is 2690. The number of hydrogen-bond donors (Lipinski definition) is 12. The Morgan fingerprint density at radius 2 is 1.09 bits per heavy atom. The highest BCUT2D eigenvalue weighted by molar-refractivity contribution is 5.90. The van der Waals surface area contributed by atoms with E-state index in [1.54, 1.807) is 6.07 Å². The van der Waals surface area contributed by atoms with Crippen molar-refractivity contribution >= 4 is 36.0 Å². The predicted molar refractivity (Wildman–Crippen MR) is 268 cm³/mol. The smallest absolute Gasteiger partial charge is 0.338 e. The van der Waals surface area contributed by atoms with E-state index in [4.69, 9.17) is 61.6 Å². The molecule has 4 heterocycles. The van der Waals surface area contributed by atoms with Crippen LogP contribution in [-0.4, -0.2) is 249 Å². The highest BCUT2D eigenvalue weighted by Gasteiger charge is 2.64. The number of hydrogen-bond acceptors (Lipinski definition) is 29. The van der Waals surface area contributed by atoms with Gasteiger partial charge >= 0.3 is 23.9 Å². The molecule has 0 saturated carbocycles. The van der Waals surface area contributed by atoms with Crippen LogP contribution in [0.4, 0.5) is 0 Å². The Morgan fingerprint density at radius 1 is 0.561 bits per heavy atom. The monoisotopic (exact) mass is 1160 g/mol. The van der Waals surface area contributed by atoms with E-state index in [2.05, 4.69) is 0 Å². The Balaban J connectivity index is 1.36. The van der Waals surface area contributed by atoms with Crippen LogP contribution in [-0.2, 0) is 66.5 Å². The number of ether oxygens (including phenoxy) is 13. The minimum absolute atomic E-state index is 0.00912. The van der Waals surface area contributed by atoms with Gasteiger partial charge in [-0.2, -0.15) is 0 Å². The fraction of sp³-hybridized carbons (Fsp3) is 0.509. The second-order valence-corrected chi connectivity index (χ2v) is 18.9. The maximum Gasteiger partial charge on any atom is 0.338 e. The van der Waals surface area contributed by atoms with Gasteiger partial charge in [-0.1, -0.05) is 30.3 Å². The van der Waals surface area contributed by atoms with Crippen molar-refractivity contribution in [2.24, 2.45) is 0 Å². The molecular weight excluding hydrogens is 1100 g/mol. The summed E-state index contributed by atoms with van der Waals surface area (Å²) >= 11 is 0. The van der Waals surface area contributed by atoms with Crippen molar-refractivity contribution in [1.82, 2.24) is 0 Å². The third kappa shape index (κ3) is 14.6. The lowest BCUT2D eigenvalue weighted by atomic mass is 9.95. The number of esters is 4. The zero-order valence-corrected chi connectivity index (χ0v) is 43.9. The van der Waals surface area contributed by atoms with Gasteiger partial charge in [-0.15, -0.1) is 0 Å². The summed E-state index contributed by atoms with van der Waals surface area (Å²) in [6.45, 7) is -4.22. The SMILES string of the molecule is COc1cc(C=CC(=O)OC[C@@]2(O[C@H]3O[C@H](CO)[C@@H](OC(=O)C=Cc4ccc(O)c(OC)c4)[C@H](O[C@@H]4O[C@H](COC(C)=O)[C@@H](O)[C@H](O)[C@H]4O)[C@H]3O[C@@H]3O[C@H](CO)[C@@H](O)[C@H](O)[C@H]3O)O[C@H](CO)[C@@H](O)[C@@H]2OC(=O)c2ccccc2)ccc1O. The first kappa shape index (κ1) is 63.1. The Labute approximate surface area is 466 Å². The van der Waals surface area contributed by atoms with Crippen LogP contribution < -0.4 is 9.47 Å². The number of phenols is 2. The third-order valence-electron chi connectivity index (χ3n) is 13.4. The molecule has 0 radical (unpaired) electrons. The lowest BCUT2D eigenvalue weighted by molar-refractivity contribution is -0.421. The van der Waals surface area contributed by atoms with E-state index in [0.29, 0.717) is 5.56 Å².